The molecule has 0 aliphatic heterocycles. The van der Waals surface area contributed by atoms with Crippen molar-refractivity contribution in [3.05, 3.63) is 52.8 Å². The Morgan fingerprint density at radius 1 is 1.18 bits per heavy atom. The summed E-state index contributed by atoms with van der Waals surface area (Å²) in [4.78, 5) is 6.09. The van der Waals surface area contributed by atoms with Crippen LogP contribution in [0.3, 0.4) is 0 Å². The number of benzene rings is 1. The Morgan fingerprint density at radius 3 is 2.88 bits per heavy atom. The predicted molar refractivity (Wildman–Crippen MR) is 69.6 cm³/mol. The Balaban J connectivity index is 1.83. The molecule has 2 aromatic heterocycles. The summed E-state index contributed by atoms with van der Waals surface area (Å²) in [5, 5.41) is 1.20. The number of aromatic amines is 2. The third-order valence-corrected chi connectivity index (χ3v) is 3.10. The molecule has 86 valence electrons. The first-order valence-corrected chi connectivity index (χ1v) is 5.95. The Bertz CT molecular complexity index is 692. The number of imidazole rings is 1. The van der Waals surface area contributed by atoms with Gasteiger partial charge in [-0.05, 0) is 36.7 Å². The maximum absolute atomic E-state index is 5.50. The van der Waals surface area contributed by atoms with Crippen molar-refractivity contribution >= 4 is 23.2 Å². The number of H-pyrrole nitrogens is 2. The Labute approximate surface area is 103 Å². The summed E-state index contributed by atoms with van der Waals surface area (Å²) in [7, 11) is 0. The van der Waals surface area contributed by atoms with E-state index in [2.05, 4.69) is 16.0 Å². The van der Waals surface area contributed by atoms with Crippen LogP contribution in [0.5, 0.6) is 0 Å². The lowest BCUT2D eigenvalue weighted by atomic mass is 10.1. The fraction of sp³-hybridized carbons (Fsp3) is 0.154. The van der Waals surface area contributed by atoms with Crippen molar-refractivity contribution in [2.24, 2.45) is 0 Å². The van der Waals surface area contributed by atoms with Crippen LogP contribution in [0, 0.1) is 4.77 Å². The van der Waals surface area contributed by atoms with Crippen LogP contribution in [0.25, 0.3) is 11.0 Å². The quantitative estimate of drug-likeness (QED) is 0.691. The van der Waals surface area contributed by atoms with Crippen molar-refractivity contribution in [2.75, 3.05) is 0 Å². The highest BCUT2D eigenvalue weighted by Crippen LogP contribution is 2.21. The largest absolute Gasteiger partial charge is 0.464 e. The zero-order valence-corrected chi connectivity index (χ0v) is 10.0. The molecule has 4 heteroatoms. The zero-order valence-electron chi connectivity index (χ0n) is 9.19. The van der Waals surface area contributed by atoms with Gasteiger partial charge in [-0.1, -0.05) is 18.2 Å². The lowest BCUT2D eigenvalue weighted by Crippen LogP contribution is -1.90. The van der Waals surface area contributed by atoms with E-state index in [-0.39, 0.29) is 0 Å². The second-order valence-electron chi connectivity index (χ2n) is 4.03. The van der Waals surface area contributed by atoms with E-state index in [9.17, 15) is 0 Å². The summed E-state index contributed by atoms with van der Waals surface area (Å²) in [6.45, 7) is 0. The standard InChI is InChI=1S/C13H12N2OS/c17-13-14-7-10(15-13)6-5-9-8-16-12-4-2-1-3-11(9)12/h1-4,7-8H,5-6H2,(H2,14,15,17). The summed E-state index contributed by atoms with van der Waals surface area (Å²) in [6, 6.07) is 8.10. The van der Waals surface area contributed by atoms with E-state index in [0.717, 1.165) is 24.1 Å². The number of hydrogen-bond acceptors (Lipinski definition) is 2. The van der Waals surface area contributed by atoms with Crippen LogP contribution < -0.4 is 0 Å². The van der Waals surface area contributed by atoms with Crippen LogP contribution in [0.2, 0.25) is 0 Å². The molecule has 0 bridgehead atoms. The van der Waals surface area contributed by atoms with E-state index < -0.39 is 0 Å². The van der Waals surface area contributed by atoms with E-state index in [4.69, 9.17) is 16.6 Å². The minimum Gasteiger partial charge on any atom is -0.464 e. The molecule has 0 spiro atoms. The smallest absolute Gasteiger partial charge is 0.174 e. The van der Waals surface area contributed by atoms with E-state index in [1.165, 1.54) is 10.9 Å². The van der Waals surface area contributed by atoms with Gasteiger partial charge in [-0.25, -0.2) is 0 Å². The van der Waals surface area contributed by atoms with Crippen LogP contribution in [-0.4, -0.2) is 9.97 Å². The van der Waals surface area contributed by atoms with Crippen LogP contribution in [0.4, 0.5) is 0 Å². The molecule has 0 aliphatic rings. The van der Waals surface area contributed by atoms with Gasteiger partial charge in [0, 0.05) is 17.3 Å². The highest BCUT2D eigenvalue weighted by molar-refractivity contribution is 7.71. The molecule has 0 fully saturated rings. The van der Waals surface area contributed by atoms with Crippen LogP contribution >= 0.6 is 12.2 Å². The van der Waals surface area contributed by atoms with Crippen molar-refractivity contribution in [2.45, 2.75) is 12.8 Å². The molecule has 0 aliphatic carbocycles. The maximum atomic E-state index is 5.50. The number of nitrogens with one attached hydrogen (secondary N) is 2. The third kappa shape index (κ3) is 2.03. The number of fused-ring (bicyclic) bond motifs is 1. The molecule has 2 N–H and O–H groups in total. The van der Waals surface area contributed by atoms with Gasteiger partial charge in [0.2, 0.25) is 0 Å². The predicted octanol–water partition coefficient (Wildman–Crippen LogP) is 3.60. The fourth-order valence-corrected chi connectivity index (χ4v) is 2.19. The Morgan fingerprint density at radius 2 is 2.06 bits per heavy atom. The summed E-state index contributed by atoms with van der Waals surface area (Å²) in [5.41, 5.74) is 3.31. The molecule has 2 heterocycles. The summed E-state index contributed by atoms with van der Waals surface area (Å²) in [5.74, 6) is 0. The second kappa shape index (κ2) is 4.22. The molecule has 3 aromatic rings. The SMILES string of the molecule is S=c1[nH]cc(CCc2coc3ccccc23)[nH]1. The van der Waals surface area contributed by atoms with Crippen molar-refractivity contribution in [3.63, 3.8) is 0 Å². The van der Waals surface area contributed by atoms with E-state index in [1.54, 1.807) is 0 Å². The van der Waals surface area contributed by atoms with Gasteiger partial charge >= 0.3 is 0 Å². The third-order valence-electron chi connectivity index (χ3n) is 2.88. The Hall–Kier alpha value is -1.81. The van der Waals surface area contributed by atoms with Gasteiger partial charge in [-0.2, -0.15) is 0 Å². The number of para-hydroxylation sites is 1. The van der Waals surface area contributed by atoms with Gasteiger partial charge in [0.25, 0.3) is 0 Å². The molecule has 0 saturated carbocycles. The minimum atomic E-state index is 0.678. The summed E-state index contributed by atoms with van der Waals surface area (Å²) < 4.78 is 6.18. The highest BCUT2D eigenvalue weighted by Gasteiger charge is 2.05. The fourth-order valence-electron chi connectivity index (χ4n) is 2.00. The monoisotopic (exact) mass is 244 g/mol. The minimum absolute atomic E-state index is 0.678. The average molecular weight is 244 g/mol. The van der Waals surface area contributed by atoms with Crippen molar-refractivity contribution in [3.8, 4) is 0 Å². The van der Waals surface area contributed by atoms with E-state index in [0.29, 0.717) is 4.77 Å². The van der Waals surface area contributed by atoms with Gasteiger partial charge in [0.05, 0.1) is 6.26 Å². The summed E-state index contributed by atoms with van der Waals surface area (Å²) in [6.07, 6.45) is 5.63. The van der Waals surface area contributed by atoms with Gasteiger partial charge in [0.15, 0.2) is 4.77 Å². The molecular weight excluding hydrogens is 232 g/mol. The lowest BCUT2D eigenvalue weighted by molar-refractivity contribution is 0.610. The number of furan rings is 1. The molecule has 1 aromatic carbocycles. The highest BCUT2D eigenvalue weighted by atomic mass is 32.1. The number of rotatable bonds is 3. The first-order valence-electron chi connectivity index (χ1n) is 5.54. The molecule has 0 amide bonds. The zero-order chi connectivity index (χ0) is 11.7. The van der Waals surface area contributed by atoms with Gasteiger partial charge in [-0.3, -0.25) is 0 Å². The average Bonchev–Trinajstić information content (AvgIpc) is 2.93. The Kier molecular flexibility index (Phi) is 2.57. The number of aromatic nitrogens is 2. The summed E-state index contributed by atoms with van der Waals surface area (Å²) >= 11 is 4.99. The molecule has 0 saturated heterocycles. The van der Waals surface area contributed by atoms with Crippen LogP contribution in [0.1, 0.15) is 11.3 Å². The lowest BCUT2D eigenvalue weighted by Gasteiger charge is -1.96. The van der Waals surface area contributed by atoms with E-state index in [1.807, 2.05) is 30.7 Å². The van der Waals surface area contributed by atoms with Gasteiger partial charge < -0.3 is 14.4 Å². The normalized spacial score (nSPS) is 11.1. The molecule has 0 atom stereocenters. The molecule has 0 unspecified atom stereocenters. The molecule has 17 heavy (non-hydrogen) atoms. The topological polar surface area (TPSA) is 44.7 Å². The van der Waals surface area contributed by atoms with Crippen molar-refractivity contribution < 1.29 is 4.42 Å². The molecule has 3 nitrogen and oxygen atoms in total. The van der Waals surface area contributed by atoms with Crippen molar-refractivity contribution in [1.82, 2.24) is 9.97 Å². The van der Waals surface area contributed by atoms with Gasteiger partial charge in [0.1, 0.15) is 5.58 Å². The van der Waals surface area contributed by atoms with Crippen molar-refractivity contribution in [1.29, 1.82) is 0 Å². The second-order valence-corrected chi connectivity index (χ2v) is 4.43. The molecular formula is C13H12N2OS. The number of hydrogen-bond donors (Lipinski definition) is 2. The first-order chi connectivity index (χ1) is 8.33. The van der Waals surface area contributed by atoms with E-state index >= 15 is 0 Å². The molecule has 0 radical (unpaired) electrons. The number of aryl methyl sites for hydroxylation is 2. The van der Waals surface area contributed by atoms with Crippen LogP contribution in [0.15, 0.2) is 41.1 Å². The molecule has 3 rings (SSSR count). The first kappa shape index (κ1) is 10.4. The van der Waals surface area contributed by atoms with Crippen LogP contribution in [-0.2, 0) is 12.8 Å². The maximum Gasteiger partial charge on any atom is 0.174 e. The van der Waals surface area contributed by atoms with Gasteiger partial charge in [-0.15, -0.1) is 0 Å².